The average Bonchev–Trinajstić information content (AvgIpc) is 1.84. The van der Waals surface area contributed by atoms with Crippen molar-refractivity contribution in [1.29, 1.82) is 0 Å². The maximum absolute atomic E-state index is 10.3. The Morgan fingerprint density at radius 2 is 2.22 bits per heavy atom. The highest BCUT2D eigenvalue weighted by Gasteiger charge is 2.09. The van der Waals surface area contributed by atoms with Gasteiger partial charge in [0.2, 0.25) is 0 Å². The number of halogens is 1. The molecular formula is C4H11ClN2O2. The van der Waals surface area contributed by atoms with E-state index in [4.69, 9.17) is 11.5 Å². The van der Waals surface area contributed by atoms with Crippen LogP contribution in [0, 0.1) is 0 Å². The lowest BCUT2D eigenvalue weighted by Crippen LogP contribution is -2.38. The maximum atomic E-state index is 10.3. The Labute approximate surface area is 59.9 Å². The van der Waals surface area contributed by atoms with Crippen LogP contribution in [0.25, 0.3) is 0 Å². The van der Waals surface area contributed by atoms with Gasteiger partial charge in [0.25, 0.3) is 0 Å². The third-order valence-electron chi connectivity index (χ3n) is 0.758. The third-order valence-corrected chi connectivity index (χ3v) is 0.758. The quantitative estimate of drug-likeness (QED) is 0.494. The van der Waals surface area contributed by atoms with Crippen LogP contribution in [0.15, 0.2) is 0 Å². The predicted octanol–water partition coefficient (Wildman–Crippen LogP) is -1.13. The minimum Gasteiger partial charge on any atom is -0.468 e. The Kier molecular flexibility index (Phi) is 7.41. The first-order valence-corrected chi connectivity index (χ1v) is 2.26. The molecule has 0 saturated carbocycles. The summed E-state index contributed by atoms with van der Waals surface area (Å²) >= 11 is 0. The summed E-state index contributed by atoms with van der Waals surface area (Å²) in [6, 6.07) is -0.667. The maximum Gasteiger partial charge on any atom is 0.323 e. The molecule has 0 aliphatic carbocycles. The zero-order valence-corrected chi connectivity index (χ0v) is 5.98. The van der Waals surface area contributed by atoms with E-state index < -0.39 is 12.0 Å². The molecule has 0 aliphatic heterocycles. The molecule has 0 aromatic carbocycles. The van der Waals surface area contributed by atoms with Gasteiger partial charge in [0.15, 0.2) is 0 Å². The number of hydrogen-bond acceptors (Lipinski definition) is 4. The van der Waals surface area contributed by atoms with Crippen LogP contribution in [0.2, 0.25) is 0 Å². The summed E-state index contributed by atoms with van der Waals surface area (Å²) in [6.45, 7) is 0.132. The SMILES string of the molecule is COC(=O)C(N)CN.Cl. The highest BCUT2D eigenvalue weighted by atomic mass is 35.5. The van der Waals surface area contributed by atoms with Crippen LogP contribution in [0.4, 0.5) is 0 Å². The van der Waals surface area contributed by atoms with E-state index in [9.17, 15) is 4.79 Å². The van der Waals surface area contributed by atoms with Crippen LogP contribution in [0.3, 0.4) is 0 Å². The molecule has 56 valence electrons. The summed E-state index contributed by atoms with van der Waals surface area (Å²) < 4.78 is 4.26. The van der Waals surface area contributed by atoms with E-state index >= 15 is 0 Å². The first-order chi connectivity index (χ1) is 3.72. The number of carbonyl (C=O) groups excluding carboxylic acids is 1. The zero-order chi connectivity index (χ0) is 6.57. The lowest BCUT2D eigenvalue weighted by molar-refractivity contribution is -0.141. The Hall–Kier alpha value is -0.320. The molecule has 0 rings (SSSR count). The molecule has 0 fully saturated rings. The van der Waals surface area contributed by atoms with Crippen LogP contribution in [-0.4, -0.2) is 25.7 Å². The van der Waals surface area contributed by atoms with Crippen molar-refractivity contribution < 1.29 is 9.53 Å². The van der Waals surface area contributed by atoms with Crippen molar-refractivity contribution in [2.75, 3.05) is 13.7 Å². The van der Waals surface area contributed by atoms with E-state index in [1.807, 2.05) is 0 Å². The van der Waals surface area contributed by atoms with E-state index in [-0.39, 0.29) is 19.0 Å². The van der Waals surface area contributed by atoms with Gasteiger partial charge in [-0.3, -0.25) is 4.79 Å². The third kappa shape index (κ3) is 4.20. The van der Waals surface area contributed by atoms with Gasteiger partial charge < -0.3 is 16.2 Å². The highest BCUT2D eigenvalue weighted by molar-refractivity contribution is 5.85. The van der Waals surface area contributed by atoms with E-state index in [1.165, 1.54) is 7.11 Å². The smallest absolute Gasteiger partial charge is 0.323 e. The lowest BCUT2D eigenvalue weighted by atomic mass is 10.3. The lowest BCUT2D eigenvalue weighted by Gasteiger charge is -2.03. The van der Waals surface area contributed by atoms with E-state index in [0.717, 1.165) is 0 Å². The number of ether oxygens (including phenoxy) is 1. The Morgan fingerprint density at radius 3 is 2.33 bits per heavy atom. The number of hydrogen-bond donors (Lipinski definition) is 2. The van der Waals surface area contributed by atoms with Gasteiger partial charge in [-0.15, -0.1) is 12.4 Å². The average molecular weight is 155 g/mol. The van der Waals surface area contributed by atoms with Crippen molar-refractivity contribution in [3.05, 3.63) is 0 Å². The van der Waals surface area contributed by atoms with Gasteiger partial charge in [0.1, 0.15) is 6.04 Å². The normalized spacial score (nSPS) is 11.4. The molecule has 9 heavy (non-hydrogen) atoms. The topological polar surface area (TPSA) is 78.3 Å². The molecule has 0 radical (unpaired) electrons. The molecule has 5 heteroatoms. The van der Waals surface area contributed by atoms with Gasteiger partial charge in [0, 0.05) is 6.54 Å². The summed E-state index contributed by atoms with van der Waals surface area (Å²) in [5, 5.41) is 0. The highest BCUT2D eigenvalue weighted by Crippen LogP contribution is 1.76. The fraction of sp³-hybridized carbons (Fsp3) is 0.750. The zero-order valence-electron chi connectivity index (χ0n) is 5.16. The molecule has 0 aromatic rings. The molecule has 0 aliphatic rings. The summed E-state index contributed by atoms with van der Waals surface area (Å²) in [7, 11) is 1.28. The van der Waals surface area contributed by atoms with Gasteiger partial charge in [-0.1, -0.05) is 0 Å². The number of methoxy groups -OCH3 is 1. The fourth-order valence-corrected chi connectivity index (χ4v) is 0.248. The molecule has 0 heterocycles. The van der Waals surface area contributed by atoms with Crippen molar-refractivity contribution in [2.45, 2.75) is 6.04 Å². The molecule has 1 unspecified atom stereocenters. The summed E-state index contributed by atoms with van der Waals surface area (Å²) in [4.78, 5) is 10.3. The van der Waals surface area contributed by atoms with Crippen molar-refractivity contribution in [3.8, 4) is 0 Å². The Balaban J connectivity index is 0. The number of esters is 1. The first kappa shape index (κ1) is 11.5. The van der Waals surface area contributed by atoms with Crippen LogP contribution < -0.4 is 11.5 Å². The number of nitrogens with two attached hydrogens (primary N) is 2. The minimum atomic E-state index is -0.667. The summed E-state index contributed by atoms with van der Waals surface area (Å²) in [5.74, 6) is -0.465. The molecule has 1 atom stereocenters. The van der Waals surface area contributed by atoms with Gasteiger partial charge in [-0.25, -0.2) is 0 Å². The molecular weight excluding hydrogens is 144 g/mol. The van der Waals surface area contributed by atoms with Crippen LogP contribution in [-0.2, 0) is 9.53 Å². The molecule has 4 N–H and O–H groups in total. The largest absolute Gasteiger partial charge is 0.468 e. The summed E-state index contributed by atoms with van der Waals surface area (Å²) in [5.41, 5.74) is 10.2. The molecule has 4 nitrogen and oxygen atoms in total. The van der Waals surface area contributed by atoms with Crippen LogP contribution >= 0.6 is 12.4 Å². The Bertz CT molecular complexity index is 88.6. The standard InChI is InChI=1S/C4H10N2O2.ClH/c1-8-4(7)3(6)2-5;/h3H,2,5-6H2,1H3;1H. The number of carbonyl (C=O) groups is 1. The van der Waals surface area contributed by atoms with Crippen molar-refractivity contribution >= 4 is 18.4 Å². The van der Waals surface area contributed by atoms with Crippen LogP contribution in [0.1, 0.15) is 0 Å². The van der Waals surface area contributed by atoms with Gasteiger partial charge in [-0.05, 0) is 0 Å². The predicted molar refractivity (Wildman–Crippen MR) is 36.3 cm³/mol. The number of rotatable bonds is 2. The van der Waals surface area contributed by atoms with Crippen molar-refractivity contribution in [3.63, 3.8) is 0 Å². The van der Waals surface area contributed by atoms with Crippen molar-refractivity contribution in [1.82, 2.24) is 0 Å². The van der Waals surface area contributed by atoms with E-state index in [0.29, 0.717) is 0 Å². The van der Waals surface area contributed by atoms with Gasteiger partial charge >= 0.3 is 5.97 Å². The summed E-state index contributed by atoms with van der Waals surface area (Å²) in [6.07, 6.45) is 0. The molecule has 0 saturated heterocycles. The minimum absolute atomic E-state index is 0. The van der Waals surface area contributed by atoms with Gasteiger partial charge in [-0.2, -0.15) is 0 Å². The fourth-order valence-electron chi connectivity index (χ4n) is 0.248. The second-order valence-corrected chi connectivity index (χ2v) is 1.37. The van der Waals surface area contributed by atoms with E-state index in [2.05, 4.69) is 4.74 Å². The molecule has 0 aromatic heterocycles. The second-order valence-electron chi connectivity index (χ2n) is 1.37. The molecule has 0 amide bonds. The van der Waals surface area contributed by atoms with Crippen molar-refractivity contribution in [2.24, 2.45) is 11.5 Å². The first-order valence-electron chi connectivity index (χ1n) is 2.26. The van der Waals surface area contributed by atoms with E-state index in [1.54, 1.807) is 0 Å². The van der Waals surface area contributed by atoms with Gasteiger partial charge in [0.05, 0.1) is 7.11 Å². The Morgan fingerprint density at radius 1 is 1.78 bits per heavy atom. The molecule has 0 spiro atoms. The monoisotopic (exact) mass is 154 g/mol. The molecule has 0 bridgehead atoms. The van der Waals surface area contributed by atoms with Crippen LogP contribution in [0.5, 0.6) is 0 Å². The second kappa shape index (κ2) is 5.81.